The van der Waals surface area contributed by atoms with Crippen molar-refractivity contribution in [3.8, 4) is 11.3 Å². The van der Waals surface area contributed by atoms with Crippen LogP contribution in [0.3, 0.4) is 0 Å². The Morgan fingerprint density at radius 1 is 0.952 bits per heavy atom. The summed E-state index contributed by atoms with van der Waals surface area (Å²) >= 11 is 0. The van der Waals surface area contributed by atoms with E-state index in [4.69, 9.17) is 0 Å². The average Bonchev–Trinajstić information content (AvgIpc) is 2.75. The van der Waals surface area contributed by atoms with Crippen LogP contribution in [-0.2, 0) is 10.8 Å². The number of hydrogen-bond donors (Lipinski definition) is 1. The summed E-state index contributed by atoms with van der Waals surface area (Å²) in [6, 6.07) is 6.68. The van der Waals surface area contributed by atoms with E-state index in [1.54, 1.807) is 0 Å². The third-order valence-corrected chi connectivity index (χ3v) is 3.63. The Kier molecular flexibility index (Phi) is 4.72. The molecule has 2 aromatic rings. The Morgan fingerprint density at radius 3 is 2.00 bits per heavy atom. The zero-order valence-electron chi connectivity index (χ0n) is 13.8. The number of hydrogen-bond acceptors (Lipinski definition) is 1. The van der Waals surface area contributed by atoms with Crippen LogP contribution in [0.25, 0.3) is 11.3 Å². The lowest BCUT2D eigenvalue weighted by Crippen LogP contribution is -2.13. The van der Waals surface area contributed by atoms with Gasteiger partial charge in [-0.3, -0.25) is 0 Å². The smallest absolute Gasteiger partial charge is 0.111 e. The van der Waals surface area contributed by atoms with Crippen LogP contribution in [0.5, 0.6) is 0 Å². The first-order valence-electron chi connectivity index (χ1n) is 7.26. The minimum Gasteiger partial charge on any atom is -0.342 e. The zero-order valence-corrected chi connectivity index (χ0v) is 13.8. The number of imidazole rings is 1. The Balaban J connectivity index is 0.00000220. The van der Waals surface area contributed by atoms with Crippen LogP contribution >= 0.6 is 0 Å². The molecule has 0 saturated heterocycles. The molecule has 116 valence electrons. The van der Waals surface area contributed by atoms with Gasteiger partial charge in [0, 0.05) is 5.41 Å². The third-order valence-electron chi connectivity index (χ3n) is 3.63. The fourth-order valence-corrected chi connectivity index (χ4v) is 2.52. The molecular weight excluding hydrogens is 256 g/mol. The highest BCUT2D eigenvalue weighted by atomic mass is 14.9. The summed E-state index contributed by atoms with van der Waals surface area (Å²) in [7, 11) is 0. The minimum absolute atomic E-state index is 0. The van der Waals surface area contributed by atoms with E-state index in [1.807, 2.05) is 6.20 Å². The molecule has 0 atom stereocenters. The molecule has 1 heterocycles. The lowest BCUT2D eigenvalue weighted by Gasteiger charge is -2.22. The van der Waals surface area contributed by atoms with E-state index in [0.29, 0.717) is 0 Å². The number of benzene rings is 1. The second-order valence-electron chi connectivity index (χ2n) is 7.68. The zero-order chi connectivity index (χ0) is 15.1. The van der Waals surface area contributed by atoms with Crippen molar-refractivity contribution >= 4 is 0 Å². The van der Waals surface area contributed by atoms with Crippen LogP contribution in [0.15, 0.2) is 24.4 Å². The highest BCUT2D eigenvalue weighted by Crippen LogP contribution is 2.30. The second kappa shape index (κ2) is 5.67. The summed E-state index contributed by atoms with van der Waals surface area (Å²) in [6.07, 6.45) is 1.94. The fraction of sp³-hybridized carbons (Fsp3) is 0.526. The van der Waals surface area contributed by atoms with Crippen LogP contribution in [0, 0.1) is 6.92 Å². The molecule has 21 heavy (non-hydrogen) atoms. The molecule has 1 aromatic heterocycles. The molecule has 0 bridgehead atoms. The second-order valence-corrected chi connectivity index (χ2v) is 7.68. The SMILES string of the molecule is C.Cc1cc(-c2cnc(C(C)(C)C)[nH]2)ccc1C(C)(C)C. The van der Waals surface area contributed by atoms with Gasteiger partial charge >= 0.3 is 0 Å². The maximum absolute atomic E-state index is 4.51. The number of nitrogens with one attached hydrogen (secondary N) is 1. The van der Waals surface area contributed by atoms with E-state index >= 15 is 0 Å². The van der Waals surface area contributed by atoms with E-state index in [9.17, 15) is 0 Å². The van der Waals surface area contributed by atoms with E-state index in [-0.39, 0.29) is 18.3 Å². The number of H-pyrrole nitrogens is 1. The highest BCUT2D eigenvalue weighted by molar-refractivity contribution is 5.61. The van der Waals surface area contributed by atoms with Crippen molar-refractivity contribution in [2.45, 2.75) is 66.7 Å². The number of aromatic nitrogens is 2. The topological polar surface area (TPSA) is 28.7 Å². The molecule has 2 heteroatoms. The summed E-state index contributed by atoms with van der Waals surface area (Å²) in [5, 5.41) is 0. The standard InChI is InChI=1S/C18H26N2.CH4/c1-12-10-13(8-9-14(12)17(2,3)4)15-11-19-16(20-15)18(5,6)7;/h8-11H,1-7H3,(H,19,20);1H4. The Hall–Kier alpha value is -1.57. The van der Waals surface area contributed by atoms with Crippen LogP contribution < -0.4 is 0 Å². The number of nitrogens with zero attached hydrogens (tertiary/aromatic N) is 1. The van der Waals surface area contributed by atoms with Crippen LogP contribution in [0.1, 0.15) is 65.9 Å². The highest BCUT2D eigenvalue weighted by Gasteiger charge is 2.19. The molecule has 0 aliphatic heterocycles. The quantitative estimate of drug-likeness (QED) is 0.724. The summed E-state index contributed by atoms with van der Waals surface area (Å²) < 4.78 is 0. The van der Waals surface area contributed by atoms with E-state index < -0.39 is 0 Å². The van der Waals surface area contributed by atoms with Gasteiger partial charge in [0.2, 0.25) is 0 Å². The molecule has 1 aromatic carbocycles. The van der Waals surface area contributed by atoms with Gasteiger partial charge in [0.05, 0.1) is 11.9 Å². The third kappa shape index (κ3) is 3.75. The molecule has 0 aliphatic rings. The van der Waals surface area contributed by atoms with Crippen molar-refractivity contribution in [1.82, 2.24) is 9.97 Å². The van der Waals surface area contributed by atoms with Gasteiger partial charge in [-0.05, 0) is 35.1 Å². The first kappa shape index (κ1) is 17.5. The van der Waals surface area contributed by atoms with Crippen molar-refractivity contribution in [3.63, 3.8) is 0 Å². The molecule has 0 spiro atoms. The van der Waals surface area contributed by atoms with Gasteiger partial charge in [-0.15, -0.1) is 0 Å². The molecule has 0 amide bonds. The Bertz CT molecular complexity index is 607. The molecule has 0 aliphatic carbocycles. The molecule has 0 unspecified atom stereocenters. The number of rotatable bonds is 1. The van der Waals surface area contributed by atoms with Crippen molar-refractivity contribution in [3.05, 3.63) is 41.3 Å². The average molecular weight is 286 g/mol. The van der Waals surface area contributed by atoms with E-state index in [2.05, 4.69) is 76.6 Å². The maximum Gasteiger partial charge on any atom is 0.111 e. The number of aromatic amines is 1. The minimum atomic E-state index is 0. The normalized spacial score (nSPS) is 12.1. The number of aryl methyl sites for hydroxylation is 1. The van der Waals surface area contributed by atoms with Crippen LogP contribution in [0.4, 0.5) is 0 Å². The molecule has 1 N–H and O–H groups in total. The largest absolute Gasteiger partial charge is 0.342 e. The van der Waals surface area contributed by atoms with Gasteiger partial charge in [-0.1, -0.05) is 61.1 Å². The Labute approximate surface area is 130 Å². The molecule has 2 nitrogen and oxygen atoms in total. The summed E-state index contributed by atoms with van der Waals surface area (Å²) in [5.74, 6) is 1.03. The van der Waals surface area contributed by atoms with Crippen LogP contribution in [-0.4, -0.2) is 9.97 Å². The summed E-state index contributed by atoms with van der Waals surface area (Å²) in [5.41, 5.74) is 5.28. The molecule has 0 radical (unpaired) electrons. The van der Waals surface area contributed by atoms with Crippen molar-refractivity contribution in [2.24, 2.45) is 0 Å². The van der Waals surface area contributed by atoms with Crippen LogP contribution in [0.2, 0.25) is 0 Å². The van der Waals surface area contributed by atoms with Gasteiger partial charge in [-0.25, -0.2) is 4.98 Å². The van der Waals surface area contributed by atoms with Crippen molar-refractivity contribution in [1.29, 1.82) is 0 Å². The Morgan fingerprint density at radius 2 is 1.57 bits per heavy atom. The lowest BCUT2D eigenvalue weighted by molar-refractivity contribution is 0.553. The maximum atomic E-state index is 4.51. The van der Waals surface area contributed by atoms with Gasteiger partial charge in [-0.2, -0.15) is 0 Å². The van der Waals surface area contributed by atoms with Gasteiger partial charge < -0.3 is 4.98 Å². The van der Waals surface area contributed by atoms with Crippen molar-refractivity contribution in [2.75, 3.05) is 0 Å². The first-order chi connectivity index (χ1) is 9.09. The predicted octanol–water partition coefficient (Wildman–Crippen LogP) is 5.62. The molecular formula is C19H30N2. The molecule has 2 rings (SSSR count). The predicted molar refractivity (Wildman–Crippen MR) is 92.9 cm³/mol. The van der Waals surface area contributed by atoms with Gasteiger partial charge in [0.15, 0.2) is 0 Å². The van der Waals surface area contributed by atoms with Gasteiger partial charge in [0.25, 0.3) is 0 Å². The van der Waals surface area contributed by atoms with Crippen molar-refractivity contribution < 1.29 is 0 Å². The van der Waals surface area contributed by atoms with E-state index in [0.717, 1.165) is 11.5 Å². The molecule has 0 saturated carbocycles. The van der Waals surface area contributed by atoms with Gasteiger partial charge in [0.1, 0.15) is 5.82 Å². The first-order valence-corrected chi connectivity index (χ1v) is 7.26. The fourth-order valence-electron chi connectivity index (χ4n) is 2.52. The monoisotopic (exact) mass is 286 g/mol. The molecule has 0 fully saturated rings. The summed E-state index contributed by atoms with van der Waals surface area (Å²) in [6.45, 7) is 15.5. The summed E-state index contributed by atoms with van der Waals surface area (Å²) in [4.78, 5) is 7.95. The van der Waals surface area contributed by atoms with E-state index in [1.165, 1.54) is 16.7 Å². The lowest BCUT2D eigenvalue weighted by atomic mass is 9.83.